The van der Waals surface area contributed by atoms with Crippen LogP contribution in [-0.4, -0.2) is 62.1 Å². The molecule has 6 heteroatoms. The quantitative estimate of drug-likeness (QED) is 0.818. The van der Waals surface area contributed by atoms with Gasteiger partial charge in [-0.2, -0.15) is 0 Å². The smallest absolute Gasteiger partial charge is 0.222 e. The molecule has 0 saturated carbocycles. The van der Waals surface area contributed by atoms with Gasteiger partial charge in [0.1, 0.15) is 0 Å². The minimum absolute atomic E-state index is 0.137. The van der Waals surface area contributed by atoms with Gasteiger partial charge in [0.15, 0.2) is 9.84 Å². The van der Waals surface area contributed by atoms with Crippen molar-refractivity contribution >= 4 is 15.7 Å². The fourth-order valence-corrected chi connectivity index (χ4v) is 4.84. The highest BCUT2D eigenvalue weighted by Crippen LogP contribution is 2.21. The lowest BCUT2D eigenvalue weighted by Gasteiger charge is -2.37. The first-order chi connectivity index (χ1) is 11.1. The van der Waals surface area contributed by atoms with Gasteiger partial charge in [0.05, 0.1) is 10.6 Å². The molecule has 1 aromatic rings. The van der Waals surface area contributed by atoms with Crippen molar-refractivity contribution in [2.24, 2.45) is 0 Å². The molecular formula is C17H24N2O3S. The molecule has 1 amide bonds. The molecule has 2 aliphatic heterocycles. The number of benzene rings is 1. The van der Waals surface area contributed by atoms with Gasteiger partial charge in [0, 0.05) is 32.1 Å². The van der Waals surface area contributed by atoms with Gasteiger partial charge in [-0.1, -0.05) is 18.2 Å². The number of piperidine rings is 1. The third-order valence-electron chi connectivity index (χ3n) is 4.81. The maximum absolute atomic E-state index is 12.4. The highest BCUT2D eigenvalue weighted by molar-refractivity contribution is 7.91. The zero-order chi connectivity index (χ0) is 16.3. The molecule has 1 atom stereocenters. The maximum atomic E-state index is 12.4. The number of amides is 1. The summed E-state index contributed by atoms with van der Waals surface area (Å²) >= 11 is 0. The van der Waals surface area contributed by atoms with Gasteiger partial charge < -0.3 is 9.80 Å². The van der Waals surface area contributed by atoms with Crippen LogP contribution in [0.5, 0.6) is 0 Å². The molecule has 0 spiro atoms. The number of likely N-dealkylation sites (tertiary alicyclic amines) is 2. The molecule has 0 N–H and O–H groups in total. The monoisotopic (exact) mass is 336 g/mol. The predicted octanol–water partition coefficient (Wildman–Crippen LogP) is 1.55. The Balaban J connectivity index is 1.57. The lowest BCUT2D eigenvalue weighted by molar-refractivity contribution is -0.130. The first-order valence-corrected chi connectivity index (χ1v) is 10.0. The Kier molecular flexibility index (Phi) is 5.02. The molecule has 2 heterocycles. The lowest BCUT2D eigenvalue weighted by atomic mass is 10.0. The summed E-state index contributed by atoms with van der Waals surface area (Å²) in [6, 6.07) is 8.89. The predicted molar refractivity (Wildman–Crippen MR) is 88.9 cm³/mol. The SMILES string of the molecule is O=C1CCCN1[C@@H]1CCCN(CCS(=O)(=O)c2ccccc2)C1. The van der Waals surface area contributed by atoms with Crippen LogP contribution >= 0.6 is 0 Å². The summed E-state index contributed by atoms with van der Waals surface area (Å²) in [4.78, 5) is 16.5. The second kappa shape index (κ2) is 7.01. The minimum atomic E-state index is -3.23. The van der Waals surface area contributed by atoms with E-state index >= 15 is 0 Å². The van der Waals surface area contributed by atoms with Crippen LogP contribution in [-0.2, 0) is 14.6 Å². The topological polar surface area (TPSA) is 57.7 Å². The van der Waals surface area contributed by atoms with E-state index in [-0.39, 0.29) is 17.7 Å². The molecule has 2 fully saturated rings. The highest BCUT2D eigenvalue weighted by Gasteiger charge is 2.31. The third-order valence-corrected chi connectivity index (χ3v) is 6.52. The van der Waals surface area contributed by atoms with E-state index < -0.39 is 9.84 Å². The Morgan fingerprint density at radius 3 is 2.57 bits per heavy atom. The molecule has 2 aliphatic rings. The van der Waals surface area contributed by atoms with Crippen molar-refractivity contribution < 1.29 is 13.2 Å². The van der Waals surface area contributed by atoms with E-state index in [1.807, 2.05) is 11.0 Å². The van der Waals surface area contributed by atoms with E-state index in [0.29, 0.717) is 17.9 Å². The Morgan fingerprint density at radius 1 is 1.09 bits per heavy atom. The summed E-state index contributed by atoms with van der Waals surface area (Å²) in [5.74, 6) is 0.395. The number of sulfone groups is 1. The van der Waals surface area contributed by atoms with Crippen molar-refractivity contribution in [2.45, 2.75) is 36.6 Å². The van der Waals surface area contributed by atoms with Crippen molar-refractivity contribution in [1.29, 1.82) is 0 Å². The lowest BCUT2D eigenvalue weighted by Crippen LogP contribution is -2.49. The number of carbonyl (C=O) groups excluding carboxylic acids is 1. The Labute approximate surface area is 138 Å². The van der Waals surface area contributed by atoms with Crippen molar-refractivity contribution in [3.63, 3.8) is 0 Å². The standard InChI is InChI=1S/C17H24N2O3S/c20-17-9-5-11-19(17)15-6-4-10-18(14-15)12-13-23(21,22)16-7-2-1-3-8-16/h1-3,7-8,15H,4-6,9-14H2/t15-/m1/s1. The van der Waals surface area contributed by atoms with Crippen molar-refractivity contribution in [3.8, 4) is 0 Å². The van der Waals surface area contributed by atoms with Crippen LogP contribution in [0.25, 0.3) is 0 Å². The zero-order valence-corrected chi connectivity index (χ0v) is 14.2. The molecule has 1 aromatic carbocycles. The van der Waals surface area contributed by atoms with E-state index in [1.54, 1.807) is 24.3 Å². The number of carbonyl (C=O) groups is 1. The molecule has 5 nitrogen and oxygen atoms in total. The Bertz CT molecular complexity index is 645. The van der Waals surface area contributed by atoms with Gasteiger partial charge in [0.25, 0.3) is 0 Å². The van der Waals surface area contributed by atoms with Crippen LogP contribution in [0.3, 0.4) is 0 Å². The largest absolute Gasteiger partial charge is 0.338 e. The van der Waals surface area contributed by atoms with Crippen LogP contribution in [0.4, 0.5) is 0 Å². The van der Waals surface area contributed by atoms with Crippen LogP contribution in [0.2, 0.25) is 0 Å². The number of nitrogens with zero attached hydrogens (tertiary/aromatic N) is 2. The van der Waals surface area contributed by atoms with Gasteiger partial charge in [0.2, 0.25) is 5.91 Å². The van der Waals surface area contributed by atoms with Crippen LogP contribution in [0.1, 0.15) is 25.7 Å². The molecule has 0 unspecified atom stereocenters. The fraction of sp³-hybridized carbons (Fsp3) is 0.588. The highest BCUT2D eigenvalue weighted by atomic mass is 32.2. The molecule has 0 aliphatic carbocycles. The van der Waals surface area contributed by atoms with E-state index in [4.69, 9.17) is 0 Å². The van der Waals surface area contributed by atoms with Crippen molar-refractivity contribution in [1.82, 2.24) is 9.80 Å². The van der Waals surface area contributed by atoms with Crippen LogP contribution in [0, 0.1) is 0 Å². The van der Waals surface area contributed by atoms with Crippen LogP contribution < -0.4 is 0 Å². The molecule has 0 aromatic heterocycles. The molecule has 23 heavy (non-hydrogen) atoms. The van der Waals surface area contributed by atoms with E-state index in [2.05, 4.69) is 4.90 Å². The summed E-state index contributed by atoms with van der Waals surface area (Å²) in [7, 11) is -3.23. The molecule has 3 rings (SSSR count). The van der Waals surface area contributed by atoms with E-state index in [1.165, 1.54) is 0 Å². The van der Waals surface area contributed by atoms with Gasteiger partial charge in [-0.15, -0.1) is 0 Å². The van der Waals surface area contributed by atoms with Crippen molar-refractivity contribution in [3.05, 3.63) is 30.3 Å². The maximum Gasteiger partial charge on any atom is 0.222 e. The van der Waals surface area contributed by atoms with E-state index in [9.17, 15) is 13.2 Å². The molecule has 2 saturated heterocycles. The number of hydrogen-bond donors (Lipinski definition) is 0. The second-order valence-electron chi connectivity index (χ2n) is 6.42. The summed E-state index contributed by atoms with van der Waals surface area (Å²) < 4.78 is 24.7. The molecule has 126 valence electrons. The summed E-state index contributed by atoms with van der Waals surface area (Å²) in [5.41, 5.74) is 0. The fourth-order valence-electron chi connectivity index (χ4n) is 3.54. The Hall–Kier alpha value is -1.40. The molecule has 0 bridgehead atoms. The average molecular weight is 336 g/mol. The van der Waals surface area contributed by atoms with Crippen molar-refractivity contribution in [2.75, 3.05) is 31.9 Å². The minimum Gasteiger partial charge on any atom is -0.338 e. The number of rotatable bonds is 5. The first-order valence-electron chi connectivity index (χ1n) is 8.36. The van der Waals surface area contributed by atoms with E-state index in [0.717, 1.165) is 38.9 Å². The normalized spacial score (nSPS) is 23.4. The molecule has 0 radical (unpaired) electrons. The van der Waals surface area contributed by atoms with Gasteiger partial charge >= 0.3 is 0 Å². The Morgan fingerprint density at radius 2 is 1.87 bits per heavy atom. The zero-order valence-electron chi connectivity index (χ0n) is 13.4. The van der Waals surface area contributed by atoms with Crippen LogP contribution in [0.15, 0.2) is 35.2 Å². The van der Waals surface area contributed by atoms with Gasteiger partial charge in [-0.3, -0.25) is 4.79 Å². The summed E-state index contributed by atoms with van der Waals surface area (Å²) in [6.45, 7) is 3.12. The van der Waals surface area contributed by atoms with Gasteiger partial charge in [-0.25, -0.2) is 8.42 Å². The first kappa shape index (κ1) is 16.5. The van der Waals surface area contributed by atoms with Gasteiger partial charge in [-0.05, 0) is 37.9 Å². The third kappa shape index (κ3) is 3.93. The summed E-state index contributed by atoms with van der Waals surface area (Å²) in [6.07, 6.45) is 3.68. The average Bonchev–Trinajstić information content (AvgIpc) is 3.00. The summed E-state index contributed by atoms with van der Waals surface area (Å²) in [5, 5.41) is 0. The second-order valence-corrected chi connectivity index (χ2v) is 8.53. The molecular weight excluding hydrogens is 312 g/mol. The number of hydrogen-bond acceptors (Lipinski definition) is 4.